The van der Waals surface area contributed by atoms with Crippen LogP contribution in [0.25, 0.3) is 0 Å². The van der Waals surface area contributed by atoms with Crippen molar-refractivity contribution in [3.05, 3.63) is 53.6 Å². The molecule has 1 fully saturated rings. The van der Waals surface area contributed by atoms with Gasteiger partial charge >= 0.3 is 5.97 Å². The minimum absolute atomic E-state index is 0.0316. The lowest BCUT2D eigenvalue weighted by atomic mass is 9.82. The van der Waals surface area contributed by atoms with E-state index in [0.29, 0.717) is 5.75 Å². The van der Waals surface area contributed by atoms with Crippen LogP contribution in [0.5, 0.6) is 0 Å². The van der Waals surface area contributed by atoms with Crippen LogP contribution in [-0.2, 0) is 9.53 Å². The summed E-state index contributed by atoms with van der Waals surface area (Å²) in [5, 5.41) is 10.0. The first kappa shape index (κ1) is 18.3. The molecule has 1 aromatic rings. The minimum Gasteiger partial charge on any atom is -0.457 e. The number of carbonyl (C=O) groups is 1. The van der Waals surface area contributed by atoms with Crippen molar-refractivity contribution in [3.63, 3.8) is 0 Å². The van der Waals surface area contributed by atoms with E-state index in [1.165, 1.54) is 11.1 Å². The van der Waals surface area contributed by atoms with Crippen molar-refractivity contribution in [2.45, 2.75) is 37.7 Å². The second-order valence-corrected chi connectivity index (χ2v) is 8.20. The van der Waals surface area contributed by atoms with E-state index >= 15 is 0 Å². The van der Waals surface area contributed by atoms with Crippen molar-refractivity contribution in [2.24, 2.45) is 17.8 Å². The van der Waals surface area contributed by atoms with Crippen molar-refractivity contribution in [2.75, 3.05) is 12.4 Å². The third kappa shape index (κ3) is 3.70. The Balaban J connectivity index is 1.78. The van der Waals surface area contributed by atoms with Crippen LogP contribution in [0.1, 0.15) is 26.7 Å². The van der Waals surface area contributed by atoms with Crippen LogP contribution in [0, 0.1) is 17.8 Å². The van der Waals surface area contributed by atoms with Crippen molar-refractivity contribution in [1.82, 2.24) is 0 Å². The number of allylic oxidation sites excluding steroid dienone is 2. The summed E-state index contributed by atoms with van der Waals surface area (Å²) in [6, 6.07) is 10.0. The molecule has 3 nitrogen and oxygen atoms in total. The maximum atomic E-state index is 12.5. The highest BCUT2D eigenvalue weighted by molar-refractivity contribution is 7.99. The predicted molar refractivity (Wildman–Crippen MR) is 101 cm³/mol. The highest BCUT2D eigenvalue weighted by atomic mass is 32.2. The zero-order valence-electron chi connectivity index (χ0n) is 14.9. The minimum atomic E-state index is -0.303. The lowest BCUT2D eigenvalue weighted by molar-refractivity contribution is -0.142. The Morgan fingerprint density at radius 2 is 2.08 bits per heavy atom. The zero-order chi connectivity index (χ0) is 18.0. The molecule has 1 aromatic carbocycles. The Hall–Kier alpha value is -1.52. The summed E-state index contributed by atoms with van der Waals surface area (Å²) >= 11 is 1.65. The molecule has 0 aromatic heterocycles. The van der Waals surface area contributed by atoms with Gasteiger partial charge in [0.25, 0.3) is 0 Å². The first-order valence-electron chi connectivity index (χ1n) is 8.87. The molecule has 134 valence electrons. The molecular formula is C21H26O3S. The monoisotopic (exact) mass is 358 g/mol. The topological polar surface area (TPSA) is 46.5 Å². The van der Waals surface area contributed by atoms with Gasteiger partial charge in [0.2, 0.25) is 0 Å². The number of rotatable bonds is 6. The van der Waals surface area contributed by atoms with E-state index in [1.807, 2.05) is 37.3 Å². The number of cyclic esters (lactones) is 1. The predicted octanol–water partition coefficient (Wildman–Crippen LogP) is 4.23. The van der Waals surface area contributed by atoms with Gasteiger partial charge in [-0.25, -0.2) is 0 Å². The molecule has 0 bridgehead atoms. The number of ether oxygens (including phenoxy) is 1. The van der Waals surface area contributed by atoms with Crippen molar-refractivity contribution in [3.8, 4) is 0 Å². The van der Waals surface area contributed by atoms with Crippen LogP contribution in [0.4, 0.5) is 0 Å². The van der Waals surface area contributed by atoms with Crippen molar-refractivity contribution < 1.29 is 14.6 Å². The van der Waals surface area contributed by atoms with Crippen molar-refractivity contribution in [1.29, 1.82) is 0 Å². The van der Waals surface area contributed by atoms with E-state index in [-0.39, 0.29) is 36.4 Å². The second kappa shape index (κ2) is 7.79. The molecule has 0 saturated carbocycles. The van der Waals surface area contributed by atoms with Gasteiger partial charge < -0.3 is 9.84 Å². The van der Waals surface area contributed by atoms with Crippen LogP contribution in [0.2, 0.25) is 0 Å². The number of thioether (sulfide) groups is 1. The number of hydrogen-bond donors (Lipinski definition) is 1. The van der Waals surface area contributed by atoms with E-state index in [0.717, 1.165) is 23.3 Å². The SMILES string of the molecule is C=C(C)[C@H]1CCC(C)=C1[C@H]1OC(=O)[C@@H](CSc2ccccc2)[C@@H]1CO. The molecule has 2 aliphatic rings. The largest absolute Gasteiger partial charge is 0.457 e. The number of carbonyl (C=O) groups excluding carboxylic acids is 1. The van der Waals surface area contributed by atoms with Crippen LogP contribution in [-0.4, -0.2) is 29.5 Å². The number of benzene rings is 1. The lowest BCUT2D eigenvalue weighted by Gasteiger charge is -2.25. The Bertz CT molecular complexity index is 680. The molecule has 4 atom stereocenters. The molecule has 3 rings (SSSR count). The molecule has 0 spiro atoms. The Kier molecular flexibility index (Phi) is 5.70. The first-order valence-corrected chi connectivity index (χ1v) is 9.85. The fourth-order valence-electron chi connectivity index (χ4n) is 4.01. The van der Waals surface area contributed by atoms with Gasteiger partial charge in [0.15, 0.2) is 0 Å². The van der Waals surface area contributed by atoms with E-state index < -0.39 is 0 Å². The van der Waals surface area contributed by atoms with E-state index in [2.05, 4.69) is 13.5 Å². The Labute approximate surface area is 154 Å². The molecule has 0 unspecified atom stereocenters. The quantitative estimate of drug-likeness (QED) is 0.470. The summed E-state index contributed by atoms with van der Waals surface area (Å²) in [4.78, 5) is 13.7. The highest BCUT2D eigenvalue weighted by Gasteiger charge is 2.48. The Morgan fingerprint density at radius 1 is 1.36 bits per heavy atom. The smallest absolute Gasteiger partial charge is 0.310 e. The van der Waals surface area contributed by atoms with Gasteiger partial charge in [-0.1, -0.05) is 35.9 Å². The van der Waals surface area contributed by atoms with E-state index in [9.17, 15) is 9.90 Å². The molecule has 1 aliphatic carbocycles. The maximum Gasteiger partial charge on any atom is 0.310 e. The summed E-state index contributed by atoms with van der Waals surface area (Å²) in [5.74, 6) is 0.280. The molecule has 1 aliphatic heterocycles. The highest BCUT2D eigenvalue weighted by Crippen LogP contribution is 2.45. The number of esters is 1. The van der Waals surface area contributed by atoms with Gasteiger partial charge in [-0.3, -0.25) is 4.79 Å². The molecule has 4 heteroatoms. The van der Waals surface area contributed by atoms with Gasteiger partial charge in [0.05, 0.1) is 12.5 Å². The fraction of sp³-hybridized carbons (Fsp3) is 0.476. The number of aliphatic hydroxyl groups excluding tert-OH is 1. The molecule has 1 saturated heterocycles. The average Bonchev–Trinajstić information content (AvgIpc) is 3.13. The van der Waals surface area contributed by atoms with E-state index in [4.69, 9.17) is 4.74 Å². The average molecular weight is 359 g/mol. The Morgan fingerprint density at radius 3 is 2.72 bits per heavy atom. The molecule has 0 amide bonds. The number of hydrogen-bond acceptors (Lipinski definition) is 4. The normalized spacial score (nSPS) is 29.2. The molecule has 1 N–H and O–H groups in total. The zero-order valence-corrected chi connectivity index (χ0v) is 15.7. The van der Waals surface area contributed by atoms with Gasteiger partial charge in [0, 0.05) is 22.5 Å². The van der Waals surface area contributed by atoms with Crippen LogP contribution in [0.15, 0.2) is 58.5 Å². The first-order chi connectivity index (χ1) is 12.0. The lowest BCUT2D eigenvalue weighted by Crippen LogP contribution is -2.29. The van der Waals surface area contributed by atoms with Gasteiger partial charge in [0.1, 0.15) is 6.10 Å². The van der Waals surface area contributed by atoms with E-state index in [1.54, 1.807) is 11.8 Å². The van der Waals surface area contributed by atoms with Gasteiger partial charge in [-0.2, -0.15) is 0 Å². The fourth-order valence-corrected chi connectivity index (χ4v) is 5.11. The van der Waals surface area contributed by atoms with Crippen molar-refractivity contribution >= 4 is 17.7 Å². The van der Waals surface area contributed by atoms with Crippen LogP contribution >= 0.6 is 11.8 Å². The van der Waals surface area contributed by atoms with Crippen LogP contribution in [0.3, 0.4) is 0 Å². The third-order valence-corrected chi connectivity index (χ3v) is 6.54. The second-order valence-electron chi connectivity index (χ2n) is 7.11. The molecule has 1 heterocycles. The standard InChI is InChI=1S/C21H26O3S/c1-13(2)16-10-9-14(3)19(16)20-17(11-22)18(21(23)24-20)12-25-15-7-5-4-6-8-15/h4-8,16-18,20,22H,1,9-12H2,2-3H3/t16-,17+,18+,20+/m1/s1. The van der Waals surface area contributed by atoms with Gasteiger partial charge in [-0.05, 0) is 44.4 Å². The summed E-state index contributed by atoms with van der Waals surface area (Å²) in [6.07, 6.45) is 1.75. The number of aliphatic hydroxyl groups is 1. The maximum absolute atomic E-state index is 12.5. The van der Waals surface area contributed by atoms with Gasteiger partial charge in [-0.15, -0.1) is 11.8 Å². The summed E-state index contributed by atoms with van der Waals surface area (Å²) < 4.78 is 5.79. The summed E-state index contributed by atoms with van der Waals surface area (Å²) in [5.41, 5.74) is 3.59. The third-order valence-electron chi connectivity index (χ3n) is 5.41. The molecule has 25 heavy (non-hydrogen) atoms. The molecule has 0 radical (unpaired) electrons. The summed E-state index contributed by atoms with van der Waals surface area (Å²) in [6.45, 7) is 8.24. The molecular weight excluding hydrogens is 332 g/mol. The van der Waals surface area contributed by atoms with Crippen LogP contribution < -0.4 is 0 Å². The summed E-state index contributed by atoms with van der Waals surface area (Å²) in [7, 11) is 0.